The van der Waals surface area contributed by atoms with Crippen LogP contribution >= 0.6 is 22.7 Å². The number of aryl methyl sites for hydroxylation is 1. The number of fused-ring (bicyclic) bond motifs is 1. The molecule has 4 rings (SSSR count). The van der Waals surface area contributed by atoms with Gasteiger partial charge in [-0.2, -0.15) is 4.98 Å². The quantitative estimate of drug-likeness (QED) is 0.342. The number of hydrogen-bond acceptors (Lipinski definition) is 8. The summed E-state index contributed by atoms with van der Waals surface area (Å²) in [7, 11) is -3.88. The molecular formula is C17H15N5O4S3. The van der Waals surface area contributed by atoms with E-state index in [1.165, 1.54) is 23.5 Å². The van der Waals surface area contributed by atoms with Gasteiger partial charge in [-0.05, 0) is 23.9 Å². The molecule has 0 saturated carbocycles. The van der Waals surface area contributed by atoms with Crippen LogP contribution in [0.4, 0.5) is 5.69 Å². The number of nitro benzene ring substituents is 1. The second-order valence-electron chi connectivity index (χ2n) is 6.19. The predicted octanol–water partition coefficient (Wildman–Crippen LogP) is 3.26. The summed E-state index contributed by atoms with van der Waals surface area (Å²) in [6.45, 7) is 1.73. The van der Waals surface area contributed by atoms with Crippen LogP contribution in [0.5, 0.6) is 0 Å². The van der Waals surface area contributed by atoms with Gasteiger partial charge in [0.2, 0.25) is 15.0 Å². The Kier molecular flexibility index (Phi) is 5.17. The van der Waals surface area contributed by atoms with Gasteiger partial charge in [0.1, 0.15) is 0 Å². The zero-order valence-electron chi connectivity index (χ0n) is 15.1. The van der Waals surface area contributed by atoms with Gasteiger partial charge in [-0.25, -0.2) is 17.7 Å². The van der Waals surface area contributed by atoms with Crippen LogP contribution in [-0.4, -0.2) is 34.5 Å². The number of nitrogens with one attached hydrogen (secondary N) is 1. The molecule has 29 heavy (non-hydrogen) atoms. The average Bonchev–Trinajstić information content (AvgIpc) is 3.39. The van der Waals surface area contributed by atoms with Crippen LogP contribution in [0.3, 0.4) is 0 Å². The largest absolute Gasteiger partial charge is 0.270 e. The smallest absolute Gasteiger partial charge is 0.258 e. The van der Waals surface area contributed by atoms with E-state index in [0.717, 1.165) is 21.6 Å². The van der Waals surface area contributed by atoms with Crippen molar-refractivity contribution in [3.8, 4) is 10.7 Å². The molecule has 0 aliphatic carbocycles. The first-order chi connectivity index (χ1) is 13.8. The highest BCUT2D eigenvalue weighted by Crippen LogP contribution is 2.25. The lowest BCUT2D eigenvalue weighted by Gasteiger charge is -2.09. The summed E-state index contributed by atoms with van der Waals surface area (Å²) >= 11 is 2.99. The van der Waals surface area contributed by atoms with E-state index < -0.39 is 14.9 Å². The predicted molar refractivity (Wildman–Crippen MR) is 111 cm³/mol. The van der Waals surface area contributed by atoms with Crippen molar-refractivity contribution in [2.24, 2.45) is 0 Å². The summed E-state index contributed by atoms with van der Waals surface area (Å²) in [6.07, 6.45) is 0.403. The van der Waals surface area contributed by atoms with Crippen molar-refractivity contribution in [1.29, 1.82) is 0 Å². The van der Waals surface area contributed by atoms with Gasteiger partial charge in [0, 0.05) is 30.5 Å². The Morgan fingerprint density at radius 2 is 2.10 bits per heavy atom. The minimum Gasteiger partial charge on any atom is -0.258 e. The Balaban J connectivity index is 1.50. The van der Waals surface area contributed by atoms with E-state index in [1.54, 1.807) is 22.8 Å². The summed E-state index contributed by atoms with van der Waals surface area (Å²) in [5.74, 6) is 0.640. The van der Waals surface area contributed by atoms with Crippen molar-refractivity contribution in [1.82, 2.24) is 19.3 Å². The molecule has 4 aromatic rings. The monoisotopic (exact) mass is 449 g/mol. The molecule has 0 amide bonds. The molecule has 0 bridgehead atoms. The number of nitrogens with zero attached hydrogens (tertiary/aromatic N) is 4. The molecule has 0 spiro atoms. The van der Waals surface area contributed by atoms with Gasteiger partial charge in [0.05, 0.1) is 20.4 Å². The minimum absolute atomic E-state index is 0.0945. The number of thiophene rings is 1. The van der Waals surface area contributed by atoms with Gasteiger partial charge in [0.15, 0.2) is 5.82 Å². The lowest BCUT2D eigenvalue weighted by Crippen LogP contribution is -2.27. The highest BCUT2D eigenvalue weighted by molar-refractivity contribution is 7.89. The average molecular weight is 450 g/mol. The van der Waals surface area contributed by atoms with Gasteiger partial charge in [-0.15, -0.1) is 27.8 Å². The van der Waals surface area contributed by atoms with Crippen molar-refractivity contribution in [2.75, 3.05) is 6.54 Å². The third-order valence-electron chi connectivity index (χ3n) is 4.24. The first-order valence-electron chi connectivity index (χ1n) is 8.47. The minimum atomic E-state index is -3.88. The van der Waals surface area contributed by atoms with Crippen molar-refractivity contribution in [3.63, 3.8) is 0 Å². The third-order valence-corrected chi connectivity index (χ3v) is 7.57. The lowest BCUT2D eigenvalue weighted by molar-refractivity contribution is -0.385. The van der Waals surface area contributed by atoms with Gasteiger partial charge in [0.25, 0.3) is 5.69 Å². The molecule has 0 radical (unpaired) electrons. The molecule has 1 aromatic carbocycles. The SMILES string of the molecule is Cc1ccc([N+](=O)[O-])cc1S(=O)(=O)NCCc1csc2nc(-c3cccs3)nn12. The Morgan fingerprint density at radius 3 is 2.83 bits per heavy atom. The highest BCUT2D eigenvalue weighted by Gasteiger charge is 2.20. The standard InChI is InChI=1S/C17H15N5O4S3/c1-11-4-5-12(22(23)24)9-15(11)29(25,26)18-7-6-13-10-28-17-19-16(20-21(13)17)14-3-2-8-27-14/h2-5,8-10,18H,6-7H2,1H3. The fraction of sp³-hybridized carbons (Fsp3) is 0.176. The lowest BCUT2D eigenvalue weighted by atomic mass is 10.2. The molecule has 12 heteroatoms. The zero-order chi connectivity index (χ0) is 20.6. The van der Waals surface area contributed by atoms with Crippen LogP contribution in [0.1, 0.15) is 11.3 Å². The van der Waals surface area contributed by atoms with Crippen LogP contribution in [0.25, 0.3) is 15.7 Å². The van der Waals surface area contributed by atoms with Gasteiger partial charge in [-0.3, -0.25) is 10.1 Å². The number of benzene rings is 1. The summed E-state index contributed by atoms with van der Waals surface area (Å²) in [6, 6.07) is 7.66. The second-order valence-corrected chi connectivity index (χ2v) is 9.71. The van der Waals surface area contributed by atoms with E-state index >= 15 is 0 Å². The number of thiazole rings is 1. The Labute approximate surface area is 173 Å². The molecule has 0 fully saturated rings. The van der Waals surface area contributed by atoms with Crippen molar-refractivity contribution in [2.45, 2.75) is 18.2 Å². The molecule has 0 saturated heterocycles. The zero-order valence-corrected chi connectivity index (χ0v) is 17.6. The molecular weight excluding hydrogens is 434 g/mol. The first-order valence-corrected chi connectivity index (χ1v) is 11.7. The highest BCUT2D eigenvalue weighted by atomic mass is 32.2. The summed E-state index contributed by atoms with van der Waals surface area (Å²) in [5, 5.41) is 19.3. The number of hydrogen-bond donors (Lipinski definition) is 1. The van der Waals surface area contributed by atoms with Crippen molar-refractivity contribution in [3.05, 3.63) is 62.5 Å². The van der Waals surface area contributed by atoms with E-state index in [4.69, 9.17) is 0 Å². The maximum absolute atomic E-state index is 12.6. The maximum atomic E-state index is 12.6. The molecule has 3 aromatic heterocycles. The summed E-state index contributed by atoms with van der Waals surface area (Å²) < 4.78 is 29.5. The molecule has 0 unspecified atom stereocenters. The number of sulfonamides is 1. The van der Waals surface area contributed by atoms with Crippen LogP contribution < -0.4 is 4.72 Å². The van der Waals surface area contributed by atoms with Gasteiger partial charge in [-0.1, -0.05) is 12.1 Å². The molecule has 150 valence electrons. The fourth-order valence-corrected chi connectivity index (χ4v) is 5.59. The van der Waals surface area contributed by atoms with Gasteiger partial charge >= 0.3 is 0 Å². The first kappa shape index (κ1) is 19.6. The fourth-order valence-electron chi connectivity index (χ4n) is 2.79. The van der Waals surface area contributed by atoms with Crippen molar-refractivity contribution >= 4 is 43.3 Å². The summed E-state index contributed by atoms with van der Waals surface area (Å²) in [4.78, 5) is 16.4. The third kappa shape index (κ3) is 3.92. The van der Waals surface area contributed by atoms with Crippen LogP contribution in [0.15, 0.2) is 46.0 Å². The van der Waals surface area contributed by atoms with E-state index in [-0.39, 0.29) is 17.1 Å². The molecule has 0 aliphatic heterocycles. The number of non-ortho nitro benzene ring substituents is 1. The molecule has 0 atom stereocenters. The Hall–Kier alpha value is -2.67. The number of nitro groups is 1. The van der Waals surface area contributed by atoms with Crippen molar-refractivity contribution < 1.29 is 13.3 Å². The number of aromatic nitrogens is 3. The number of rotatable bonds is 7. The van der Waals surface area contributed by atoms with Gasteiger partial charge < -0.3 is 0 Å². The maximum Gasteiger partial charge on any atom is 0.270 e. The molecule has 1 N–H and O–H groups in total. The van der Waals surface area contributed by atoms with E-state index in [0.29, 0.717) is 17.8 Å². The normalized spacial score (nSPS) is 11.9. The molecule has 3 heterocycles. The van der Waals surface area contributed by atoms with E-state index in [9.17, 15) is 18.5 Å². The summed E-state index contributed by atoms with van der Waals surface area (Å²) in [5.41, 5.74) is 1.01. The topological polar surface area (TPSA) is 120 Å². The van der Waals surface area contributed by atoms with Crippen LogP contribution in [0, 0.1) is 17.0 Å². The van der Waals surface area contributed by atoms with Crippen LogP contribution in [0.2, 0.25) is 0 Å². The Bertz CT molecular complexity index is 1290. The Morgan fingerprint density at radius 1 is 1.28 bits per heavy atom. The molecule has 9 nitrogen and oxygen atoms in total. The van der Waals surface area contributed by atoms with Crippen LogP contribution in [-0.2, 0) is 16.4 Å². The van der Waals surface area contributed by atoms with E-state index in [1.807, 2.05) is 22.9 Å². The second kappa shape index (κ2) is 7.63. The molecule has 0 aliphatic rings. The van der Waals surface area contributed by atoms with E-state index in [2.05, 4.69) is 14.8 Å².